The number of rotatable bonds is 6. The van der Waals surface area contributed by atoms with Crippen LogP contribution in [0.3, 0.4) is 0 Å². The summed E-state index contributed by atoms with van der Waals surface area (Å²) < 4.78 is 5.35. The lowest BCUT2D eigenvalue weighted by molar-refractivity contribution is 0.413. The van der Waals surface area contributed by atoms with Crippen LogP contribution in [0, 0.1) is 6.92 Å². The second kappa shape index (κ2) is 6.63. The Balaban J connectivity index is 2.89. The third-order valence-electron chi connectivity index (χ3n) is 3.29. The van der Waals surface area contributed by atoms with Crippen LogP contribution in [-0.4, -0.2) is 7.11 Å². The van der Waals surface area contributed by atoms with Crippen molar-refractivity contribution in [1.82, 2.24) is 0 Å². The molecule has 1 aromatic rings. The van der Waals surface area contributed by atoms with Gasteiger partial charge in [0.1, 0.15) is 5.75 Å². The Morgan fingerprint density at radius 1 is 1.22 bits per heavy atom. The van der Waals surface area contributed by atoms with Gasteiger partial charge in [-0.25, -0.2) is 0 Å². The van der Waals surface area contributed by atoms with Crippen molar-refractivity contribution < 1.29 is 4.74 Å². The summed E-state index contributed by atoms with van der Waals surface area (Å²) in [7, 11) is 1.72. The SMILES string of the molecule is CCCC/C=C\C(C)(C)c1cc(C)cc(OC)c1. The number of allylic oxidation sites excluding steroid dienone is 2. The van der Waals surface area contributed by atoms with Gasteiger partial charge in [0.25, 0.3) is 0 Å². The van der Waals surface area contributed by atoms with E-state index in [0.29, 0.717) is 0 Å². The summed E-state index contributed by atoms with van der Waals surface area (Å²) in [4.78, 5) is 0. The first-order valence-corrected chi connectivity index (χ1v) is 6.83. The molecule has 0 atom stereocenters. The van der Waals surface area contributed by atoms with Crippen LogP contribution in [0.5, 0.6) is 5.75 Å². The number of methoxy groups -OCH3 is 1. The highest BCUT2D eigenvalue weighted by Crippen LogP contribution is 2.29. The molecule has 0 amide bonds. The molecule has 1 heteroatoms. The molecule has 0 aliphatic rings. The van der Waals surface area contributed by atoms with E-state index in [4.69, 9.17) is 4.74 Å². The van der Waals surface area contributed by atoms with Crippen LogP contribution in [0.1, 0.15) is 51.2 Å². The molecular formula is C17H26O. The Hall–Kier alpha value is -1.24. The summed E-state index contributed by atoms with van der Waals surface area (Å²) in [6.07, 6.45) is 8.31. The van der Waals surface area contributed by atoms with Crippen molar-refractivity contribution in [2.75, 3.05) is 7.11 Å². The van der Waals surface area contributed by atoms with Crippen LogP contribution in [0.15, 0.2) is 30.4 Å². The van der Waals surface area contributed by atoms with Crippen LogP contribution in [0.4, 0.5) is 0 Å². The maximum absolute atomic E-state index is 5.35. The van der Waals surface area contributed by atoms with Crippen LogP contribution >= 0.6 is 0 Å². The quantitative estimate of drug-likeness (QED) is 0.505. The number of hydrogen-bond donors (Lipinski definition) is 0. The summed E-state index contributed by atoms with van der Waals surface area (Å²) in [5.41, 5.74) is 2.62. The fourth-order valence-corrected chi connectivity index (χ4v) is 2.03. The first-order valence-electron chi connectivity index (χ1n) is 6.83. The largest absolute Gasteiger partial charge is 0.497 e. The van der Waals surface area contributed by atoms with Gasteiger partial charge in [0.05, 0.1) is 7.11 Å². The zero-order chi connectivity index (χ0) is 13.6. The Morgan fingerprint density at radius 2 is 1.94 bits per heavy atom. The molecule has 0 unspecified atom stereocenters. The summed E-state index contributed by atoms with van der Waals surface area (Å²) >= 11 is 0. The molecule has 0 aromatic heterocycles. The lowest BCUT2D eigenvalue weighted by Crippen LogP contribution is -2.13. The van der Waals surface area contributed by atoms with Crippen LogP contribution in [-0.2, 0) is 5.41 Å². The minimum absolute atomic E-state index is 0.0625. The average Bonchev–Trinajstić information content (AvgIpc) is 2.34. The lowest BCUT2D eigenvalue weighted by Gasteiger charge is -2.22. The zero-order valence-corrected chi connectivity index (χ0v) is 12.4. The standard InChI is InChI=1S/C17H26O/c1-6-7-8-9-10-17(3,4)15-11-14(2)12-16(13-15)18-5/h9-13H,6-8H2,1-5H3/b10-9-. The number of hydrogen-bond acceptors (Lipinski definition) is 1. The fourth-order valence-electron chi connectivity index (χ4n) is 2.03. The first kappa shape index (κ1) is 14.8. The fraction of sp³-hybridized carbons (Fsp3) is 0.529. The summed E-state index contributed by atoms with van der Waals surface area (Å²) in [5, 5.41) is 0. The van der Waals surface area contributed by atoms with E-state index in [2.05, 4.69) is 58.0 Å². The van der Waals surface area contributed by atoms with Gasteiger partial charge in [0.2, 0.25) is 0 Å². The maximum atomic E-state index is 5.35. The zero-order valence-electron chi connectivity index (χ0n) is 12.4. The minimum atomic E-state index is 0.0625. The smallest absolute Gasteiger partial charge is 0.119 e. The Labute approximate surface area is 112 Å². The number of benzene rings is 1. The molecule has 0 saturated carbocycles. The van der Waals surface area contributed by atoms with Crippen molar-refractivity contribution in [3.05, 3.63) is 41.5 Å². The topological polar surface area (TPSA) is 9.23 Å². The predicted octanol–water partition coefficient (Wildman–Crippen LogP) is 5.03. The Bertz CT molecular complexity index is 402. The van der Waals surface area contributed by atoms with Gasteiger partial charge in [-0.05, 0) is 36.6 Å². The van der Waals surface area contributed by atoms with Crippen LogP contribution in [0.2, 0.25) is 0 Å². The van der Waals surface area contributed by atoms with E-state index >= 15 is 0 Å². The lowest BCUT2D eigenvalue weighted by atomic mass is 9.83. The molecule has 100 valence electrons. The molecule has 0 aliphatic heterocycles. The number of ether oxygens (including phenoxy) is 1. The second-order valence-corrected chi connectivity index (χ2v) is 5.51. The van der Waals surface area contributed by atoms with E-state index in [1.54, 1.807) is 7.11 Å². The van der Waals surface area contributed by atoms with Crippen LogP contribution in [0.25, 0.3) is 0 Å². The van der Waals surface area contributed by atoms with Crippen molar-refractivity contribution in [2.45, 2.75) is 52.4 Å². The highest BCUT2D eigenvalue weighted by atomic mass is 16.5. The summed E-state index contributed by atoms with van der Waals surface area (Å²) in [6, 6.07) is 6.45. The molecule has 1 nitrogen and oxygen atoms in total. The molecule has 0 radical (unpaired) electrons. The number of unbranched alkanes of at least 4 members (excludes halogenated alkanes) is 2. The van der Waals surface area contributed by atoms with E-state index in [-0.39, 0.29) is 5.41 Å². The molecule has 1 aromatic carbocycles. The normalized spacial score (nSPS) is 12.1. The van der Waals surface area contributed by atoms with Gasteiger partial charge >= 0.3 is 0 Å². The molecule has 0 heterocycles. The highest BCUT2D eigenvalue weighted by molar-refractivity contribution is 5.39. The molecule has 0 saturated heterocycles. The van der Waals surface area contributed by atoms with Crippen molar-refractivity contribution in [2.24, 2.45) is 0 Å². The second-order valence-electron chi connectivity index (χ2n) is 5.51. The first-order chi connectivity index (χ1) is 8.49. The van der Waals surface area contributed by atoms with Crippen molar-refractivity contribution in [3.8, 4) is 5.75 Å². The van der Waals surface area contributed by atoms with E-state index in [0.717, 1.165) is 5.75 Å². The van der Waals surface area contributed by atoms with Crippen LogP contribution < -0.4 is 4.74 Å². The van der Waals surface area contributed by atoms with Crippen molar-refractivity contribution in [3.63, 3.8) is 0 Å². The van der Waals surface area contributed by atoms with Gasteiger partial charge in [-0.3, -0.25) is 0 Å². The maximum Gasteiger partial charge on any atom is 0.119 e. The highest BCUT2D eigenvalue weighted by Gasteiger charge is 2.17. The van der Waals surface area contributed by atoms with Gasteiger partial charge < -0.3 is 4.74 Å². The third-order valence-corrected chi connectivity index (χ3v) is 3.29. The monoisotopic (exact) mass is 246 g/mol. The summed E-state index contributed by atoms with van der Waals surface area (Å²) in [6.45, 7) is 8.85. The van der Waals surface area contributed by atoms with Crippen molar-refractivity contribution in [1.29, 1.82) is 0 Å². The molecule has 0 bridgehead atoms. The molecule has 0 fully saturated rings. The minimum Gasteiger partial charge on any atom is -0.497 e. The van der Waals surface area contributed by atoms with E-state index in [9.17, 15) is 0 Å². The molecule has 0 spiro atoms. The molecule has 0 aliphatic carbocycles. The average molecular weight is 246 g/mol. The Kier molecular flexibility index (Phi) is 5.46. The molecular weight excluding hydrogens is 220 g/mol. The van der Waals surface area contributed by atoms with Gasteiger partial charge in [-0.1, -0.05) is 51.8 Å². The third kappa shape index (κ3) is 4.21. The molecule has 18 heavy (non-hydrogen) atoms. The van der Waals surface area contributed by atoms with Gasteiger partial charge in [-0.2, -0.15) is 0 Å². The van der Waals surface area contributed by atoms with Gasteiger partial charge in [-0.15, -0.1) is 0 Å². The molecule has 0 N–H and O–H groups in total. The molecule has 1 rings (SSSR count). The van der Waals surface area contributed by atoms with Gasteiger partial charge in [0, 0.05) is 5.41 Å². The van der Waals surface area contributed by atoms with E-state index in [1.165, 1.54) is 30.4 Å². The van der Waals surface area contributed by atoms with E-state index < -0.39 is 0 Å². The van der Waals surface area contributed by atoms with Gasteiger partial charge in [0.15, 0.2) is 0 Å². The van der Waals surface area contributed by atoms with Crippen molar-refractivity contribution >= 4 is 0 Å². The predicted molar refractivity (Wildman–Crippen MR) is 79.4 cm³/mol. The van der Waals surface area contributed by atoms with E-state index in [1.807, 2.05) is 0 Å². The number of aryl methyl sites for hydroxylation is 1. The summed E-state index contributed by atoms with van der Waals surface area (Å²) in [5.74, 6) is 0.944. The Morgan fingerprint density at radius 3 is 2.56 bits per heavy atom.